The Balaban J connectivity index is 2.46. The highest BCUT2D eigenvalue weighted by Crippen LogP contribution is 2.22. The molecule has 0 fully saturated rings. The fourth-order valence-corrected chi connectivity index (χ4v) is 2.58. The van der Waals surface area contributed by atoms with E-state index in [9.17, 15) is 4.79 Å². The van der Waals surface area contributed by atoms with Crippen molar-refractivity contribution >= 4 is 28.2 Å². The van der Waals surface area contributed by atoms with Crippen LogP contribution in [0.3, 0.4) is 0 Å². The average molecular weight is 316 g/mol. The number of nitrogen functional groups attached to an aromatic ring is 1. The second kappa shape index (κ2) is 5.40. The van der Waals surface area contributed by atoms with Crippen molar-refractivity contribution in [2.45, 2.75) is 13.0 Å². The predicted molar refractivity (Wildman–Crippen MR) is 87.2 cm³/mol. The van der Waals surface area contributed by atoms with E-state index in [1.807, 2.05) is 0 Å². The van der Waals surface area contributed by atoms with Gasteiger partial charge < -0.3 is 11.5 Å². The standard InChI is InChI=1S/C15H14ClN5O/c1-8(17)14-20-12-4-2-3-11(16)13(12)15(22)21(14)10-5-9(18)6-19-7-10/h2-8H,17-18H2,1H3/t8-/m0/s1. The smallest absolute Gasteiger partial charge is 0.267 e. The van der Waals surface area contributed by atoms with E-state index in [2.05, 4.69) is 9.97 Å². The van der Waals surface area contributed by atoms with Crippen molar-refractivity contribution in [2.75, 3.05) is 5.73 Å². The van der Waals surface area contributed by atoms with Crippen molar-refractivity contribution in [2.24, 2.45) is 5.73 Å². The Kier molecular flexibility index (Phi) is 3.56. The molecule has 1 aromatic carbocycles. The molecule has 7 heteroatoms. The molecule has 0 saturated carbocycles. The van der Waals surface area contributed by atoms with E-state index >= 15 is 0 Å². The topological polar surface area (TPSA) is 99.8 Å². The predicted octanol–water partition coefficient (Wildman–Crippen LogP) is 2.04. The number of hydrogen-bond acceptors (Lipinski definition) is 5. The van der Waals surface area contributed by atoms with Gasteiger partial charge in [-0.25, -0.2) is 4.98 Å². The third-order valence-corrected chi connectivity index (χ3v) is 3.60. The average Bonchev–Trinajstić information content (AvgIpc) is 2.46. The highest BCUT2D eigenvalue weighted by Gasteiger charge is 2.17. The van der Waals surface area contributed by atoms with Gasteiger partial charge in [0.1, 0.15) is 5.82 Å². The Labute approximate surface area is 131 Å². The molecule has 3 rings (SSSR count). The lowest BCUT2D eigenvalue weighted by Crippen LogP contribution is -2.27. The summed E-state index contributed by atoms with van der Waals surface area (Å²) in [5.41, 5.74) is 12.9. The van der Waals surface area contributed by atoms with Gasteiger partial charge in [-0.2, -0.15) is 0 Å². The molecule has 0 aliphatic heterocycles. The number of nitrogens with two attached hydrogens (primary N) is 2. The Morgan fingerprint density at radius 2 is 2.09 bits per heavy atom. The number of pyridine rings is 1. The van der Waals surface area contributed by atoms with Crippen LogP contribution >= 0.6 is 11.6 Å². The molecule has 0 bridgehead atoms. The summed E-state index contributed by atoms with van der Waals surface area (Å²) in [6.45, 7) is 1.76. The summed E-state index contributed by atoms with van der Waals surface area (Å²) < 4.78 is 1.40. The van der Waals surface area contributed by atoms with E-state index < -0.39 is 6.04 Å². The summed E-state index contributed by atoms with van der Waals surface area (Å²) in [6, 6.07) is 6.33. The normalized spacial score (nSPS) is 12.5. The van der Waals surface area contributed by atoms with Gasteiger partial charge in [-0.05, 0) is 25.1 Å². The van der Waals surface area contributed by atoms with E-state index in [4.69, 9.17) is 23.1 Å². The van der Waals surface area contributed by atoms with Crippen molar-refractivity contribution in [3.05, 3.63) is 57.9 Å². The number of nitrogens with zero attached hydrogens (tertiary/aromatic N) is 3. The molecule has 0 amide bonds. The van der Waals surface area contributed by atoms with Gasteiger partial charge in [-0.15, -0.1) is 0 Å². The number of aromatic nitrogens is 3. The summed E-state index contributed by atoms with van der Waals surface area (Å²) in [6.07, 6.45) is 3.04. The van der Waals surface area contributed by atoms with Crippen LogP contribution in [0.5, 0.6) is 0 Å². The molecule has 1 atom stereocenters. The zero-order valence-corrected chi connectivity index (χ0v) is 12.6. The van der Waals surface area contributed by atoms with Crippen LogP contribution in [0, 0.1) is 0 Å². The van der Waals surface area contributed by atoms with Crippen molar-refractivity contribution in [1.29, 1.82) is 0 Å². The van der Waals surface area contributed by atoms with Gasteiger partial charge in [0.15, 0.2) is 0 Å². The molecule has 0 aliphatic rings. The lowest BCUT2D eigenvalue weighted by molar-refractivity contribution is 0.695. The minimum absolute atomic E-state index is 0.296. The Morgan fingerprint density at radius 1 is 1.32 bits per heavy atom. The van der Waals surface area contributed by atoms with Crippen molar-refractivity contribution in [3.63, 3.8) is 0 Å². The van der Waals surface area contributed by atoms with Crippen LogP contribution in [0.15, 0.2) is 41.5 Å². The first-order valence-electron chi connectivity index (χ1n) is 6.66. The molecule has 22 heavy (non-hydrogen) atoms. The zero-order valence-electron chi connectivity index (χ0n) is 11.8. The minimum atomic E-state index is -0.447. The third kappa shape index (κ3) is 2.32. The summed E-state index contributed by atoms with van der Waals surface area (Å²) in [7, 11) is 0. The Morgan fingerprint density at radius 3 is 2.77 bits per heavy atom. The first kappa shape index (κ1) is 14.5. The maximum absolute atomic E-state index is 12.9. The molecule has 2 heterocycles. The molecule has 0 spiro atoms. The number of halogens is 1. The SMILES string of the molecule is C[C@H](N)c1nc2cccc(Cl)c2c(=O)n1-c1cncc(N)c1. The highest BCUT2D eigenvalue weighted by molar-refractivity contribution is 6.35. The van der Waals surface area contributed by atoms with Gasteiger partial charge in [-0.3, -0.25) is 14.3 Å². The first-order chi connectivity index (χ1) is 10.5. The molecular weight excluding hydrogens is 302 g/mol. The van der Waals surface area contributed by atoms with E-state index in [-0.39, 0.29) is 5.56 Å². The number of benzene rings is 1. The number of hydrogen-bond donors (Lipinski definition) is 2. The summed E-state index contributed by atoms with van der Waals surface area (Å²) in [5.74, 6) is 0.423. The molecule has 0 saturated heterocycles. The first-order valence-corrected chi connectivity index (χ1v) is 7.04. The lowest BCUT2D eigenvalue weighted by Gasteiger charge is -2.16. The van der Waals surface area contributed by atoms with Crippen LogP contribution in [0.1, 0.15) is 18.8 Å². The van der Waals surface area contributed by atoms with Crippen LogP contribution in [0.25, 0.3) is 16.6 Å². The summed E-state index contributed by atoms with van der Waals surface area (Å²) in [5, 5.41) is 0.688. The molecule has 112 valence electrons. The van der Waals surface area contributed by atoms with Crippen LogP contribution in [-0.2, 0) is 0 Å². The monoisotopic (exact) mass is 315 g/mol. The second-order valence-electron chi connectivity index (χ2n) is 5.01. The molecule has 2 aromatic heterocycles. The van der Waals surface area contributed by atoms with Crippen LogP contribution < -0.4 is 17.0 Å². The molecule has 0 unspecified atom stereocenters. The van der Waals surface area contributed by atoms with Crippen LogP contribution in [0.4, 0.5) is 5.69 Å². The third-order valence-electron chi connectivity index (χ3n) is 3.28. The summed E-state index contributed by atoms with van der Waals surface area (Å²) >= 11 is 6.16. The number of rotatable bonds is 2. The van der Waals surface area contributed by atoms with E-state index in [0.717, 1.165) is 0 Å². The van der Waals surface area contributed by atoms with E-state index in [1.165, 1.54) is 17.0 Å². The van der Waals surface area contributed by atoms with Gasteiger partial charge in [-0.1, -0.05) is 17.7 Å². The summed E-state index contributed by atoms with van der Waals surface area (Å²) in [4.78, 5) is 21.4. The van der Waals surface area contributed by atoms with Gasteiger partial charge in [0.25, 0.3) is 5.56 Å². The Bertz CT molecular complexity index is 919. The molecule has 3 aromatic rings. The molecule has 0 radical (unpaired) electrons. The Hall–Kier alpha value is -2.44. The minimum Gasteiger partial charge on any atom is -0.397 e. The molecule has 6 nitrogen and oxygen atoms in total. The van der Waals surface area contributed by atoms with Crippen LogP contribution in [0.2, 0.25) is 5.02 Å². The van der Waals surface area contributed by atoms with Crippen LogP contribution in [-0.4, -0.2) is 14.5 Å². The largest absolute Gasteiger partial charge is 0.397 e. The zero-order chi connectivity index (χ0) is 15.9. The molecular formula is C15H14ClN5O. The quantitative estimate of drug-likeness (QED) is 0.753. The van der Waals surface area contributed by atoms with Crippen molar-refractivity contribution in [1.82, 2.24) is 14.5 Å². The fraction of sp³-hybridized carbons (Fsp3) is 0.133. The van der Waals surface area contributed by atoms with E-state index in [1.54, 1.807) is 31.2 Å². The maximum atomic E-state index is 12.9. The van der Waals surface area contributed by atoms with Gasteiger partial charge in [0, 0.05) is 6.20 Å². The number of fused-ring (bicyclic) bond motifs is 1. The van der Waals surface area contributed by atoms with Gasteiger partial charge in [0.2, 0.25) is 0 Å². The highest BCUT2D eigenvalue weighted by atomic mass is 35.5. The van der Waals surface area contributed by atoms with Crippen molar-refractivity contribution in [3.8, 4) is 5.69 Å². The molecule has 0 aliphatic carbocycles. The maximum Gasteiger partial charge on any atom is 0.267 e. The van der Waals surface area contributed by atoms with Gasteiger partial charge in [0.05, 0.1) is 39.5 Å². The fourth-order valence-electron chi connectivity index (χ4n) is 2.33. The van der Waals surface area contributed by atoms with E-state index in [0.29, 0.717) is 33.1 Å². The molecule has 4 N–H and O–H groups in total. The van der Waals surface area contributed by atoms with Gasteiger partial charge >= 0.3 is 0 Å². The number of anilines is 1. The van der Waals surface area contributed by atoms with Crippen molar-refractivity contribution < 1.29 is 0 Å². The lowest BCUT2D eigenvalue weighted by atomic mass is 10.2. The second-order valence-corrected chi connectivity index (χ2v) is 5.42.